The van der Waals surface area contributed by atoms with E-state index in [0.29, 0.717) is 30.2 Å². The SMILES string of the molecule is CCCNC(=O)[C@@H](C)N(Cc1cccc(C)c1)C(=O)CCCN(c1cc(Cl)ccc1C)S(C)(=O)=O. The quantitative estimate of drug-likeness (QED) is 0.447. The number of amides is 2. The van der Waals surface area contributed by atoms with Gasteiger partial charge in [0.2, 0.25) is 21.8 Å². The zero-order chi connectivity index (χ0) is 26.2. The van der Waals surface area contributed by atoms with Gasteiger partial charge < -0.3 is 10.2 Å². The summed E-state index contributed by atoms with van der Waals surface area (Å²) in [6, 6.07) is 12.2. The van der Waals surface area contributed by atoms with Crippen LogP contribution in [0, 0.1) is 13.8 Å². The molecule has 2 amide bonds. The number of sulfonamides is 1. The van der Waals surface area contributed by atoms with E-state index < -0.39 is 16.1 Å². The fourth-order valence-corrected chi connectivity index (χ4v) is 5.00. The van der Waals surface area contributed by atoms with Gasteiger partial charge in [0.1, 0.15) is 6.04 Å². The minimum absolute atomic E-state index is 0.100. The fourth-order valence-electron chi connectivity index (χ4n) is 3.82. The number of aryl methyl sites for hydroxylation is 2. The minimum atomic E-state index is -3.58. The van der Waals surface area contributed by atoms with Gasteiger partial charge in [0.15, 0.2) is 0 Å². The van der Waals surface area contributed by atoms with Crippen LogP contribution >= 0.6 is 11.6 Å². The average Bonchev–Trinajstić information content (AvgIpc) is 2.79. The first-order valence-corrected chi connectivity index (χ1v) is 14.0. The molecule has 0 fully saturated rings. The molecule has 7 nitrogen and oxygen atoms in total. The van der Waals surface area contributed by atoms with Crippen LogP contribution in [-0.2, 0) is 26.2 Å². The first-order chi connectivity index (χ1) is 16.4. The highest BCUT2D eigenvalue weighted by atomic mass is 35.5. The Balaban J connectivity index is 2.19. The molecule has 0 saturated carbocycles. The molecular weight excluding hydrogens is 486 g/mol. The van der Waals surface area contributed by atoms with E-state index in [1.54, 1.807) is 30.0 Å². The molecule has 192 valence electrons. The molecule has 0 bridgehead atoms. The lowest BCUT2D eigenvalue weighted by atomic mass is 10.1. The molecule has 1 N–H and O–H groups in total. The van der Waals surface area contributed by atoms with Crippen LogP contribution in [0.1, 0.15) is 49.8 Å². The van der Waals surface area contributed by atoms with E-state index in [4.69, 9.17) is 11.6 Å². The fraction of sp³-hybridized carbons (Fsp3) is 0.462. The Hall–Kier alpha value is -2.58. The molecule has 0 spiro atoms. The predicted molar refractivity (Wildman–Crippen MR) is 142 cm³/mol. The van der Waals surface area contributed by atoms with Gasteiger partial charge in [0, 0.05) is 31.1 Å². The second-order valence-electron chi connectivity index (χ2n) is 8.85. The lowest BCUT2D eigenvalue weighted by molar-refractivity contribution is -0.140. The second kappa shape index (κ2) is 12.9. The Labute approximate surface area is 214 Å². The Bertz CT molecular complexity index is 1140. The predicted octanol–water partition coefficient (Wildman–Crippen LogP) is 4.45. The van der Waals surface area contributed by atoms with Crippen molar-refractivity contribution in [1.29, 1.82) is 0 Å². The molecule has 0 aromatic heterocycles. The van der Waals surface area contributed by atoms with Crippen molar-refractivity contribution in [2.75, 3.05) is 23.7 Å². The summed E-state index contributed by atoms with van der Waals surface area (Å²) in [5, 5.41) is 3.30. The second-order valence-corrected chi connectivity index (χ2v) is 11.2. The topological polar surface area (TPSA) is 86.8 Å². The van der Waals surface area contributed by atoms with Crippen molar-refractivity contribution in [2.45, 2.75) is 59.5 Å². The van der Waals surface area contributed by atoms with Crippen molar-refractivity contribution < 1.29 is 18.0 Å². The van der Waals surface area contributed by atoms with E-state index in [2.05, 4.69) is 5.32 Å². The lowest BCUT2D eigenvalue weighted by Crippen LogP contribution is -2.47. The van der Waals surface area contributed by atoms with E-state index in [1.807, 2.05) is 45.0 Å². The van der Waals surface area contributed by atoms with Crippen molar-refractivity contribution in [2.24, 2.45) is 0 Å². The van der Waals surface area contributed by atoms with Gasteiger partial charge in [0.25, 0.3) is 0 Å². The van der Waals surface area contributed by atoms with E-state index >= 15 is 0 Å². The zero-order valence-electron chi connectivity index (χ0n) is 21.2. The number of halogens is 1. The molecule has 2 aromatic carbocycles. The Morgan fingerprint density at radius 3 is 2.46 bits per heavy atom. The Kier molecular flexibility index (Phi) is 10.6. The first-order valence-electron chi connectivity index (χ1n) is 11.8. The number of rotatable bonds is 12. The third kappa shape index (κ3) is 8.54. The van der Waals surface area contributed by atoms with Crippen LogP contribution in [0.15, 0.2) is 42.5 Å². The van der Waals surface area contributed by atoms with Crippen LogP contribution in [-0.4, -0.2) is 50.5 Å². The monoisotopic (exact) mass is 521 g/mol. The summed E-state index contributed by atoms with van der Waals surface area (Å²) in [5.41, 5.74) is 3.27. The molecule has 35 heavy (non-hydrogen) atoms. The summed E-state index contributed by atoms with van der Waals surface area (Å²) < 4.78 is 26.3. The molecule has 0 aliphatic carbocycles. The molecular formula is C26H36ClN3O4S. The number of hydrogen-bond acceptors (Lipinski definition) is 4. The lowest BCUT2D eigenvalue weighted by Gasteiger charge is -2.29. The maximum absolute atomic E-state index is 13.3. The van der Waals surface area contributed by atoms with Crippen molar-refractivity contribution in [3.8, 4) is 0 Å². The summed E-state index contributed by atoms with van der Waals surface area (Å²) in [6.07, 6.45) is 2.34. The van der Waals surface area contributed by atoms with E-state index in [9.17, 15) is 18.0 Å². The third-order valence-electron chi connectivity index (χ3n) is 5.74. The van der Waals surface area contributed by atoms with Crippen LogP contribution in [0.5, 0.6) is 0 Å². The summed E-state index contributed by atoms with van der Waals surface area (Å²) in [4.78, 5) is 27.5. The maximum atomic E-state index is 13.3. The van der Waals surface area contributed by atoms with Gasteiger partial charge in [-0.05, 0) is 56.9 Å². The number of carbonyl (C=O) groups is 2. The van der Waals surface area contributed by atoms with Crippen LogP contribution in [0.3, 0.4) is 0 Å². The summed E-state index contributed by atoms with van der Waals surface area (Å²) in [6.45, 7) is 8.44. The van der Waals surface area contributed by atoms with Crippen molar-refractivity contribution in [3.05, 3.63) is 64.2 Å². The van der Waals surface area contributed by atoms with Gasteiger partial charge in [-0.3, -0.25) is 13.9 Å². The third-order valence-corrected chi connectivity index (χ3v) is 7.16. The van der Waals surface area contributed by atoms with Crippen LogP contribution in [0.25, 0.3) is 0 Å². The normalized spacial score (nSPS) is 12.2. The van der Waals surface area contributed by atoms with Crippen molar-refractivity contribution in [1.82, 2.24) is 10.2 Å². The van der Waals surface area contributed by atoms with Crippen molar-refractivity contribution >= 4 is 39.1 Å². The molecule has 0 heterocycles. The van der Waals surface area contributed by atoms with Crippen LogP contribution in [0.4, 0.5) is 5.69 Å². The van der Waals surface area contributed by atoms with Gasteiger partial charge in [-0.1, -0.05) is 54.4 Å². The highest BCUT2D eigenvalue weighted by Crippen LogP contribution is 2.27. The first kappa shape index (κ1) is 28.7. The molecule has 0 aliphatic heterocycles. The number of nitrogens with zero attached hydrogens (tertiary/aromatic N) is 2. The van der Waals surface area contributed by atoms with E-state index in [0.717, 1.165) is 29.4 Å². The number of anilines is 1. The minimum Gasteiger partial charge on any atom is -0.354 e. The summed E-state index contributed by atoms with van der Waals surface area (Å²) in [7, 11) is -3.58. The molecule has 2 aromatic rings. The molecule has 0 radical (unpaired) electrons. The summed E-state index contributed by atoms with van der Waals surface area (Å²) >= 11 is 6.11. The van der Waals surface area contributed by atoms with Gasteiger partial charge in [-0.25, -0.2) is 8.42 Å². The number of carbonyl (C=O) groups excluding carboxylic acids is 2. The highest BCUT2D eigenvalue weighted by molar-refractivity contribution is 7.92. The van der Waals surface area contributed by atoms with Crippen molar-refractivity contribution in [3.63, 3.8) is 0 Å². The van der Waals surface area contributed by atoms with Crippen LogP contribution in [0.2, 0.25) is 5.02 Å². The molecule has 0 saturated heterocycles. The Morgan fingerprint density at radius 1 is 1.11 bits per heavy atom. The largest absolute Gasteiger partial charge is 0.354 e. The smallest absolute Gasteiger partial charge is 0.242 e. The molecule has 2 rings (SSSR count). The highest BCUT2D eigenvalue weighted by Gasteiger charge is 2.26. The van der Waals surface area contributed by atoms with Gasteiger partial charge >= 0.3 is 0 Å². The van der Waals surface area contributed by atoms with E-state index in [-0.39, 0.29) is 24.8 Å². The summed E-state index contributed by atoms with van der Waals surface area (Å²) in [5.74, 6) is -0.415. The average molecular weight is 522 g/mol. The molecule has 1 atom stereocenters. The number of benzene rings is 2. The number of nitrogens with one attached hydrogen (secondary N) is 1. The molecule has 0 aliphatic rings. The number of hydrogen-bond donors (Lipinski definition) is 1. The standard InChI is InChI=1S/C26H36ClN3O4S/c1-6-14-28-26(32)21(4)29(18-22-10-7-9-19(2)16-22)25(31)11-8-15-30(35(5,33)34)24-17-23(27)13-12-20(24)3/h7,9-10,12-13,16-17,21H,6,8,11,14-15,18H2,1-5H3,(H,28,32)/t21-/m1/s1. The van der Waals surface area contributed by atoms with Gasteiger partial charge in [-0.2, -0.15) is 0 Å². The van der Waals surface area contributed by atoms with Gasteiger partial charge in [0.05, 0.1) is 11.9 Å². The van der Waals surface area contributed by atoms with Crippen LogP contribution < -0.4 is 9.62 Å². The maximum Gasteiger partial charge on any atom is 0.242 e. The Morgan fingerprint density at radius 2 is 1.83 bits per heavy atom. The molecule has 9 heteroatoms. The van der Waals surface area contributed by atoms with Gasteiger partial charge in [-0.15, -0.1) is 0 Å². The van der Waals surface area contributed by atoms with E-state index in [1.165, 1.54) is 4.31 Å². The molecule has 0 unspecified atom stereocenters. The zero-order valence-corrected chi connectivity index (χ0v) is 22.7.